The number of carbonyl (C=O) groups excluding carboxylic acids is 2. The summed E-state index contributed by atoms with van der Waals surface area (Å²) < 4.78 is 5.38. The number of benzene rings is 1. The van der Waals surface area contributed by atoms with Gasteiger partial charge < -0.3 is 19.6 Å². The Balaban J connectivity index is 1.77. The molecule has 0 aromatic heterocycles. The first-order chi connectivity index (χ1) is 12.9. The molecule has 2 aliphatic rings. The van der Waals surface area contributed by atoms with Crippen molar-refractivity contribution in [1.82, 2.24) is 4.90 Å². The molecule has 8 heteroatoms. The second kappa shape index (κ2) is 8.21. The lowest BCUT2D eigenvalue weighted by Gasteiger charge is -2.36. The minimum absolute atomic E-state index is 0.0607. The highest BCUT2D eigenvalue weighted by Crippen LogP contribution is 2.35. The van der Waals surface area contributed by atoms with Crippen molar-refractivity contribution in [2.24, 2.45) is 5.92 Å². The van der Waals surface area contributed by atoms with Gasteiger partial charge in [0.15, 0.2) is 0 Å². The largest absolute Gasteiger partial charge is 0.495 e. The molecular weight excluding hydrogens is 368 g/mol. The number of hydrogen-bond acceptors (Lipinski definition) is 5. The van der Waals surface area contributed by atoms with Crippen LogP contribution in [0.5, 0.6) is 5.75 Å². The highest BCUT2D eigenvalue weighted by atomic mass is 32.2. The number of ether oxygens (including phenoxy) is 1. The quantitative estimate of drug-likeness (QED) is 0.822. The molecule has 2 amide bonds. The molecule has 2 atom stereocenters. The second-order valence-electron chi connectivity index (χ2n) is 6.94. The predicted octanol–water partition coefficient (Wildman–Crippen LogP) is 1.78. The first-order valence-electron chi connectivity index (χ1n) is 8.95. The summed E-state index contributed by atoms with van der Waals surface area (Å²) in [5.41, 5.74) is 1.68. The molecule has 2 saturated heterocycles. The Morgan fingerprint density at radius 3 is 2.85 bits per heavy atom. The van der Waals surface area contributed by atoms with Gasteiger partial charge in [-0.3, -0.25) is 14.4 Å². The molecule has 146 valence electrons. The molecule has 0 radical (unpaired) electrons. The van der Waals surface area contributed by atoms with Crippen molar-refractivity contribution in [3.05, 3.63) is 23.8 Å². The maximum atomic E-state index is 13.0. The van der Waals surface area contributed by atoms with Crippen LogP contribution in [0.15, 0.2) is 18.2 Å². The smallest absolute Gasteiger partial charge is 0.305 e. The van der Waals surface area contributed by atoms with E-state index >= 15 is 0 Å². The zero-order chi connectivity index (χ0) is 19.6. The van der Waals surface area contributed by atoms with Crippen molar-refractivity contribution in [1.29, 1.82) is 0 Å². The monoisotopic (exact) mass is 392 g/mol. The van der Waals surface area contributed by atoms with Crippen molar-refractivity contribution in [2.75, 3.05) is 36.6 Å². The standard InChI is InChI=1S/C19H24N2O5S/c1-12-3-4-16(26-2)15(7-12)21-10-13(8-17(21)22)19(25)20-5-6-27-11-14(20)9-18(23)24/h3-4,7,13-14H,5-6,8-11H2,1-2H3,(H,23,24). The normalized spacial score (nSPS) is 22.8. The molecule has 2 fully saturated rings. The van der Waals surface area contributed by atoms with Gasteiger partial charge >= 0.3 is 5.97 Å². The van der Waals surface area contributed by atoms with Crippen LogP contribution in [0.1, 0.15) is 18.4 Å². The first kappa shape index (κ1) is 19.5. The number of thioether (sulfide) groups is 1. The summed E-state index contributed by atoms with van der Waals surface area (Å²) in [6.45, 7) is 2.76. The number of carbonyl (C=O) groups is 3. The fourth-order valence-electron chi connectivity index (χ4n) is 3.67. The van der Waals surface area contributed by atoms with E-state index in [0.717, 1.165) is 11.3 Å². The Kier molecular flexibility index (Phi) is 5.94. The first-order valence-corrected chi connectivity index (χ1v) is 10.1. The Morgan fingerprint density at radius 2 is 2.15 bits per heavy atom. The molecule has 0 saturated carbocycles. The SMILES string of the molecule is COc1ccc(C)cc1N1CC(C(=O)N2CCSCC2CC(=O)O)CC1=O. The van der Waals surface area contributed by atoms with E-state index in [-0.39, 0.29) is 30.7 Å². The van der Waals surface area contributed by atoms with Crippen LogP contribution in [0.4, 0.5) is 5.69 Å². The number of carboxylic acids is 1. The van der Waals surface area contributed by atoms with Crippen molar-refractivity contribution in [3.8, 4) is 5.75 Å². The van der Waals surface area contributed by atoms with Crippen LogP contribution >= 0.6 is 11.8 Å². The highest BCUT2D eigenvalue weighted by Gasteiger charge is 2.40. The van der Waals surface area contributed by atoms with Crippen molar-refractivity contribution >= 4 is 35.2 Å². The average Bonchev–Trinajstić information content (AvgIpc) is 3.02. The number of hydrogen-bond donors (Lipinski definition) is 1. The Bertz CT molecular complexity index is 754. The molecule has 2 unspecified atom stereocenters. The van der Waals surface area contributed by atoms with E-state index in [4.69, 9.17) is 9.84 Å². The molecule has 27 heavy (non-hydrogen) atoms. The number of anilines is 1. The van der Waals surface area contributed by atoms with Gasteiger partial charge in [-0.25, -0.2) is 0 Å². The average molecular weight is 392 g/mol. The number of methoxy groups -OCH3 is 1. The molecule has 0 aliphatic carbocycles. The summed E-state index contributed by atoms with van der Waals surface area (Å²) in [6, 6.07) is 5.30. The Labute approximate surface area is 162 Å². The minimum atomic E-state index is -0.908. The van der Waals surface area contributed by atoms with E-state index in [9.17, 15) is 14.4 Å². The summed E-state index contributed by atoms with van der Waals surface area (Å²) in [6.07, 6.45) is 0.0776. The van der Waals surface area contributed by atoms with Gasteiger partial charge in [-0.1, -0.05) is 6.07 Å². The second-order valence-corrected chi connectivity index (χ2v) is 8.09. The van der Waals surface area contributed by atoms with Gasteiger partial charge in [0.1, 0.15) is 5.75 Å². The lowest BCUT2D eigenvalue weighted by atomic mass is 10.0. The number of aryl methyl sites for hydroxylation is 1. The number of rotatable bonds is 5. The van der Waals surface area contributed by atoms with Crippen LogP contribution < -0.4 is 9.64 Å². The van der Waals surface area contributed by atoms with Gasteiger partial charge in [-0.15, -0.1) is 0 Å². The topological polar surface area (TPSA) is 87.2 Å². The summed E-state index contributed by atoms with van der Waals surface area (Å²) in [4.78, 5) is 40.1. The van der Waals surface area contributed by atoms with Crippen molar-refractivity contribution in [3.63, 3.8) is 0 Å². The lowest BCUT2D eigenvalue weighted by Crippen LogP contribution is -2.49. The van der Waals surface area contributed by atoms with E-state index in [2.05, 4.69) is 0 Å². The molecule has 2 aliphatic heterocycles. The fourth-order valence-corrected chi connectivity index (χ4v) is 4.73. The third-order valence-electron chi connectivity index (χ3n) is 5.02. The molecule has 3 rings (SSSR count). The van der Waals surface area contributed by atoms with Crippen LogP contribution in [0.25, 0.3) is 0 Å². The van der Waals surface area contributed by atoms with Gasteiger partial charge in [0.25, 0.3) is 0 Å². The lowest BCUT2D eigenvalue weighted by molar-refractivity contribution is -0.142. The van der Waals surface area contributed by atoms with Gasteiger partial charge in [0.05, 0.1) is 31.2 Å². The molecule has 0 spiro atoms. The fraction of sp³-hybridized carbons (Fsp3) is 0.526. The maximum Gasteiger partial charge on any atom is 0.305 e. The van der Waals surface area contributed by atoms with Gasteiger partial charge in [0, 0.05) is 31.0 Å². The van der Waals surface area contributed by atoms with Gasteiger partial charge in [-0.05, 0) is 24.6 Å². The van der Waals surface area contributed by atoms with Crippen molar-refractivity contribution < 1.29 is 24.2 Å². The predicted molar refractivity (Wildman–Crippen MR) is 103 cm³/mol. The third kappa shape index (κ3) is 4.21. The summed E-state index contributed by atoms with van der Waals surface area (Å²) >= 11 is 1.66. The zero-order valence-electron chi connectivity index (χ0n) is 15.5. The molecule has 1 N–H and O–H groups in total. The maximum absolute atomic E-state index is 13.0. The molecule has 0 bridgehead atoms. The van der Waals surface area contributed by atoms with Gasteiger partial charge in [0.2, 0.25) is 11.8 Å². The van der Waals surface area contributed by atoms with E-state index in [0.29, 0.717) is 30.3 Å². The van der Waals surface area contributed by atoms with Crippen LogP contribution in [0.3, 0.4) is 0 Å². The number of aliphatic carboxylic acids is 1. The Morgan fingerprint density at radius 1 is 1.37 bits per heavy atom. The molecule has 2 heterocycles. The van der Waals surface area contributed by atoms with Crippen LogP contribution in [-0.2, 0) is 14.4 Å². The van der Waals surface area contributed by atoms with E-state index < -0.39 is 11.9 Å². The molecule has 7 nitrogen and oxygen atoms in total. The van der Waals surface area contributed by atoms with E-state index in [1.807, 2.05) is 25.1 Å². The summed E-state index contributed by atoms with van der Waals surface area (Å²) in [5, 5.41) is 9.12. The van der Waals surface area contributed by atoms with E-state index in [1.165, 1.54) is 0 Å². The highest BCUT2D eigenvalue weighted by molar-refractivity contribution is 7.99. The van der Waals surface area contributed by atoms with Crippen LogP contribution in [-0.4, -0.2) is 65.5 Å². The van der Waals surface area contributed by atoms with Crippen LogP contribution in [0.2, 0.25) is 0 Å². The zero-order valence-corrected chi connectivity index (χ0v) is 16.3. The number of amides is 2. The Hall–Kier alpha value is -2.22. The minimum Gasteiger partial charge on any atom is -0.495 e. The summed E-state index contributed by atoms with van der Waals surface area (Å²) in [7, 11) is 1.55. The third-order valence-corrected chi connectivity index (χ3v) is 6.11. The number of carboxylic acid groups (broad SMARTS) is 1. The van der Waals surface area contributed by atoms with Gasteiger partial charge in [-0.2, -0.15) is 11.8 Å². The summed E-state index contributed by atoms with van der Waals surface area (Å²) in [5.74, 6) is 0.408. The van der Waals surface area contributed by atoms with Crippen LogP contribution in [0, 0.1) is 12.8 Å². The van der Waals surface area contributed by atoms with Crippen molar-refractivity contribution in [2.45, 2.75) is 25.8 Å². The molecule has 1 aromatic carbocycles. The molecular formula is C19H24N2O5S. The number of nitrogens with zero attached hydrogens (tertiary/aromatic N) is 2. The molecule has 1 aromatic rings. The van der Waals surface area contributed by atoms with E-state index in [1.54, 1.807) is 28.7 Å².